The summed E-state index contributed by atoms with van der Waals surface area (Å²) in [7, 11) is 1.51. The molecule has 0 saturated carbocycles. The molecule has 0 saturated heterocycles. The summed E-state index contributed by atoms with van der Waals surface area (Å²) in [6.07, 6.45) is 0. The third-order valence-electron chi connectivity index (χ3n) is 2.92. The fourth-order valence-corrected chi connectivity index (χ4v) is 2.15. The van der Waals surface area contributed by atoms with Gasteiger partial charge in [-0.05, 0) is 36.4 Å². The van der Waals surface area contributed by atoms with Crippen molar-refractivity contribution < 1.29 is 19.4 Å². The molecule has 2 aromatic rings. The molecule has 114 valence electrons. The van der Waals surface area contributed by atoms with Crippen LogP contribution in [-0.2, 0) is 0 Å². The van der Waals surface area contributed by atoms with Crippen LogP contribution < -0.4 is 10.1 Å². The Kier molecular flexibility index (Phi) is 4.90. The molecule has 2 aromatic carbocycles. The summed E-state index contributed by atoms with van der Waals surface area (Å²) in [6.45, 7) is 0. The van der Waals surface area contributed by atoms with Crippen LogP contribution in [0.1, 0.15) is 20.7 Å². The quantitative estimate of drug-likeness (QED) is 0.884. The zero-order valence-corrected chi connectivity index (χ0v) is 12.9. The van der Waals surface area contributed by atoms with Crippen LogP contribution >= 0.6 is 23.2 Å². The first-order valence-electron chi connectivity index (χ1n) is 6.10. The van der Waals surface area contributed by atoms with Crippen molar-refractivity contribution in [2.45, 2.75) is 0 Å². The molecule has 5 nitrogen and oxygen atoms in total. The van der Waals surface area contributed by atoms with Gasteiger partial charge in [0.05, 0.1) is 28.4 Å². The number of benzene rings is 2. The highest BCUT2D eigenvalue weighted by Crippen LogP contribution is 2.33. The molecule has 2 rings (SSSR count). The third kappa shape index (κ3) is 3.32. The van der Waals surface area contributed by atoms with Gasteiger partial charge in [-0.3, -0.25) is 4.79 Å². The maximum absolute atomic E-state index is 12.2. The maximum Gasteiger partial charge on any atom is 0.337 e. The van der Waals surface area contributed by atoms with E-state index >= 15 is 0 Å². The number of rotatable bonds is 4. The van der Waals surface area contributed by atoms with Crippen molar-refractivity contribution in [3.05, 3.63) is 57.6 Å². The Labute approximate surface area is 136 Å². The molecular weight excluding hydrogens is 329 g/mol. The Bertz CT molecular complexity index is 729. The van der Waals surface area contributed by atoms with Gasteiger partial charge in [-0.15, -0.1) is 0 Å². The van der Waals surface area contributed by atoms with E-state index in [1.165, 1.54) is 19.2 Å². The molecule has 2 N–H and O–H groups in total. The molecule has 0 bridgehead atoms. The van der Waals surface area contributed by atoms with Gasteiger partial charge in [0.1, 0.15) is 5.75 Å². The summed E-state index contributed by atoms with van der Waals surface area (Å²) < 4.78 is 5.00. The largest absolute Gasteiger partial charge is 0.497 e. The van der Waals surface area contributed by atoms with E-state index in [1.807, 2.05) is 0 Å². The highest BCUT2D eigenvalue weighted by Gasteiger charge is 2.18. The van der Waals surface area contributed by atoms with Crippen molar-refractivity contribution >= 4 is 40.8 Å². The minimum Gasteiger partial charge on any atom is -0.497 e. The predicted octanol–water partition coefficient (Wildman–Crippen LogP) is 3.95. The van der Waals surface area contributed by atoms with Crippen molar-refractivity contribution in [1.29, 1.82) is 0 Å². The van der Waals surface area contributed by atoms with Crippen LogP contribution in [0.5, 0.6) is 5.75 Å². The van der Waals surface area contributed by atoms with Gasteiger partial charge in [0.25, 0.3) is 5.91 Å². The monoisotopic (exact) mass is 339 g/mol. The number of halogens is 2. The molecule has 0 aliphatic heterocycles. The minimum atomic E-state index is -1.22. The van der Waals surface area contributed by atoms with Crippen molar-refractivity contribution in [3.8, 4) is 5.75 Å². The van der Waals surface area contributed by atoms with E-state index in [-0.39, 0.29) is 21.3 Å². The number of hydrogen-bond donors (Lipinski definition) is 2. The second kappa shape index (κ2) is 6.68. The molecule has 0 aliphatic carbocycles. The Hall–Kier alpha value is -2.24. The average molecular weight is 340 g/mol. The number of amides is 1. The van der Waals surface area contributed by atoms with Crippen LogP contribution in [0.3, 0.4) is 0 Å². The van der Waals surface area contributed by atoms with Gasteiger partial charge in [-0.1, -0.05) is 23.2 Å². The Morgan fingerprint density at radius 1 is 1.09 bits per heavy atom. The molecule has 7 heteroatoms. The number of methoxy groups -OCH3 is 1. The topological polar surface area (TPSA) is 75.6 Å². The number of carbonyl (C=O) groups excluding carboxylic acids is 1. The number of aromatic carboxylic acids is 1. The summed E-state index contributed by atoms with van der Waals surface area (Å²) in [4.78, 5) is 23.4. The average Bonchev–Trinajstić information content (AvgIpc) is 2.51. The fourth-order valence-electron chi connectivity index (χ4n) is 1.78. The molecular formula is C15H11Cl2NO4. The molecule has 0 atom stereocenters. The lowest BCUT2D eigenvalue weighted by atomic mass is 10.1. The number of carbonyl (C=O) groups is 2. The fraction of sp³-hybridized carbons (Fsp3) is 0.0667. The summed E-state index contributed by atoms with van der Waals surface area (Å²) in [5.74, 6) is -1.12. The van der Waals surface area contributed by atoms with E-state index in [9.17, 15) is 9.59 Å². The van der Waals surface area contributed by atoms with Crippen LogP contribution in [0.4, 0.5) is 5.69 Å². The third-order valence-corrected chi connectivity index (χ3v) is 3.72. The van der Waals surface area contributed by atoms with Gasteiger partial charge in [0.2, 0.25) is 0 Å². The van der Waals surface area contributed by atoms with E-state index in [2.05, 4.69) is 5.32 Å². The zero-order chi connectivity index (χ0) is 16.3. The molecule has 0 fully saturated rings. The van der Waals surface area contributed by atoms with Crippen molar-refractivity contribution in [3.63, 3.8) is 0 Å². The van der Waals surface area contributed by atoms with E-state index in [4.69, 9.17) is 33.0 Å². The highest BCUT2D eigenvalue weighted by molar-refractivity contribution is 6.44. The van der Waals surface area contributed by atoms with Gasteiger partial charge < -0.3 is 15.2 Å². The van der Waals surface area contributed by atoms with E-state index in [0.29, 0.717) is 11.3 Å². The zero-order valence-electron chi connectivity index (χ0n) is 11.4. The van der Waals surface area contributed by atoms with Crippen LogP contribution in [-0.4, -0.2) is 24.1 Å². The lowest BCUT2D eigenvalue weighted by molar-refractivity contribution is 0.0698. The van der Waals surface area contributed by atoms with Gasteiger partial charge in [0.15, 0.2) is 0 Å². The Morgan fingerprint density at radius 2 is 1.73 bits per heavy atom. The molecule has 1 amide bonds. The minimum absolute atomic E-state index is 0.0246. The first-order chi connectivity index (χ1) is 10.4. The number of carboxylic acid groups (broad SMARTS) is 1. The van der Waals surface area contributed by atoms with Gasteiger partial charge in [-0.2, -0.15) is 0 Å². The Balaban J connectivity index is 2.35. The van der Waals surface area contributed by atoms with Crippen molar-refractivity contribution in [1.82, 2.24) is 0 Å². The lowest BCUT2D eigenvalue weighted by Crippen LogP contribution is -2.15. The maximum atomic E-state index is 12.2. The van der Waals surface area contributed by atoms with Gasteiger partial charge >= 0.3 is 5.97 Å². The number of carboxylic acids is 1. The summed E-state index contributed by atoms with van der Waals surface area (Å²) in [5.41, 5.74) is 0.145. The second-order valence-electron chi connectivity index (χ2n) is 4.27. The number of nitrogens with one attached hydrogen (secondary N) is 1. The summed E-state index contributed by atoms with van der Waals surface area (Å²) >= 11 is 11.9. The molecule has 0 heterocycles. The molecule has 22 heavy (non-hydrogen) atoms. The highest BCUT2D eigenvalue weighted by atomic mass is 35.5. The van der Waals surface area contributed by atoms with E-state index in [1.54, 1.807) is 24.3 Å². The van der Waals surface area contributed by atoms with Gasteiger partial charge in [-0.25, -0.2) is 4.79 Å². The van der Waals surface area contributed by atoms with Crippen LogP contribution in [0.15, 0.2) is 36.4 Å². The van der Waals surface area contributed by atoms with Crippen molar-refractivity contribution in [2.75, 3.05) is 12.4 Å². The SMILES string of the molecule is COc1ccc(C(=O)Nc2c(C(=O)O)ccc(Cl)c2Cl)cc1. The lowest BCUT2D eigenvalue weighted by Gasteiger charge is -2.12. The predicted molar refractivity (Wildman–Crippen MR) is 84.4 cm³/mol. The van der Waals surface area contributed by atoms with Gasteiger partial charge in [0, 0.05) is 5.56 Å². The van der Waals surface area contributed by atoms with Crippen LogP contribution in [0.2, 0.25) is 10.0 Å². The Morgan fingerprint density at radius 3 is 2.27 bits per heavy atom. The van der Waals surface area contributed by atoms with E-state index in [0.717, 1.165) is 0 Å². The number of hydrogen-bond acceptors (Lipinski definition) is 3. The normalized spacial score (nSPS) is 10.1. The van der Waals surface area contributed by atoms with Crippen LogP contribution in [0.25, 0.3) is 0 Å². The standard InChI is InChI=1S/C15H11Cl2NO4/c1-22-9-4-2-8(3-5-9)14(19)18-13-10(15(20)21)6-7-11(16)12(13)17/h2-7H,1H3,(H,18,19)(H,20,21). The molecule has 0 unspecified atom stereocenters. The summed E-state index contributed by atoms with van der Waals surface area (Å²) in [5, 5.41) is 11.8. The molecule has 0 spiro atoms. The smallest absolute Gasteiger partial charge is 0.337 e. The molecule has 0 aliphatic rings. The number of anilines is 1. The molecule has 0 aromatic heterocycles. The second-order valence-corrected chi connectivity index (χ2v) is 5.06. The van der Waals surface area contributed by atoms with Crippen LogP contribution in [0, 0.1) is 0 Å². The molecule has 0 radical (unpaired) electrons. The van der Waals surface area contributed by atoms with E-state index < -0.39 is 11.9 Å². The first kappa shape index (κ1) is 16.1. The first-order valence-corrected chi connectivity index (χ1v) is 6.86. The number of ether oxygens (including phenoxy) is 1. The summed E-state index contributed by atoms with van der Waals surface area (Å²) in [6, 6.07) is 8.97. The van der Waals surface area contributed by atoms with Crippen molar-refractivity contribution in [2.24, 2.45) is 0 Å².